The smallest absolute Gasteiger partial charge is 0.0716 e. The normalized spacial score (nSPS) is 13.2. The van der Waals surface area contributed by atoms with Gasteiger partial charge in [-0.05, 0) is 76.2 Å². The van der Waals surface area contributed by atoms with E-state index in [1.807, 2.05) is 81.9 Å². The van der Waals surface area contributed by atoms with Crippen molar-refractivity contribution in [1.82, 2.24) is 0 Å². The zero-order chi connectivity index (χ0) is 26.5. The Morgan fingerprint density at radius 2 is 0.853 bits per heavy atom. The Kier molecular flexibility index (Phi) is 20.3. The van der Waals surface area contributed by atoms with Gasteiger partial charge in [0.05, 0.1) is 12.1 Å². The van der Waals surface area contributed by atoms with Gasteiger partial charge >= 0.3 is 0 Å². The van der Waals surface area contributed by atoms with Crippen molar-refractivity contribution in [1.29, 1.82) is 0 Å². The maximum absolute atomic E-state index is 4.35. The van der Waals surface area contributed by atoms with Gasteiger partial charge in [0, 0.05) is 25.5 Å². The van der Waals surface area contributed by atoms with Gasteiger partial charge in [-0.1, -0.05) is 76.2 Å². The van der Waals surface area contributed by atoms with E-state index in [2.05, 4.69) is 82.3 Å². The van der Waals surface area contributed by atoms with Crippen LogP contribution in [-0.2, 0) is 0 Å². The van der Waals surface area contributed by atoms with Crippen LogP contribution >= 0.6 is 0 Å². The summed E-state index contributed by atoms with van der Waals surface area (Å²) in [6.07, 6.45) is 3.70. The summed E-state index contributed by atoms with van der Waals surface area (Å²) in [5.74, 6) is 0. The summed E-state index contributed by atoms with van der Waals surface area (Å²) >= 11 is 0. The molecule has 2 aromatic rings. The number of benzene rings is 2. The minimum Gasteiger partial charge on any atom is -0.293 e. The molecule has 2 rings (SSSR count). The van der Waals surface area contributed by atoms with Crippen LogP contribution in [0.1, 0.15) is 104 Å². The van der Waals surface area contributed by atoms with Crippen LogP contribution in [0.3, 0.4) is 0 Å². The van der Waals surface area contributed by atoms with Crippen LogP contribution in [0.2, 0.25) is 0 Å². The Hall–Kier alpha value is -2.88. The lowest BCUT2D eigenvalue weighted by Crippen LogP contribution is -1.97. The van der Waals surface area contributed by atoms with Crippen molar-refractivity contribution in [3.05, 3.63) is 70.8 Å². The molecule has 0 radical (unpaired) electrons. The zero-order valence-corrected chi connectivity index (χ0v) is 23.7. The molecular formula is C30H48N4. The summed E-state index contributed by atoms with van der Waals surface area (Å²) in [7, 11) is 3.62. The van der Waals surface area contributed by atoms with Crippen molar-refractivity contribution in [2.75, 3.05) is 14.1 Å². The molecule has 0 saturated carbocycles. The fraction of sp³-hybridized carbons (Fsp3) is 0.467. The molecule has 188 valence electrons. The molecule has 0 fully saturated rings. The molecule has 4 heteroatoms. The standard InChI is InChI=1S/C14H20N2.C12H16N2.2C2H6/c1-5-15-11(3)13-7-9-14(10-8-13)12(4)16-6-2;1-9(13-3)11-5-7-12(8-6-11)10(2)14-4;2*1-2/h5-12H,1-4H3;5-8H,1-4H3;2*1-2H3. The van der Waals surface area contributed by atoms with E-state index in [9.17, 15) is 0 Å². The van der Waals surface area contributed by atoms with Crippen molar-refractivity contribution in [3.63, 3.8) is 0 Å². The first-order valence-electron chi connectivity index (χ1n) is 12.4. The van der Waals surface area contributed by atoms with Crippen LogP contribution in [0.4, 0.5) is 0 Å². The van der Waals surface area contributed by atoms with E-state index in [1.54, 1.807) is 0 Å². The van der Waals surface area contributed by atoms with E-state index < -0.39 is 0 Å². The lowest BCUT2D eigenvalue weighted by atomic mass is 10.0. The molecule has 0 aromatic heterocycles. The highest BCUT2D eigenvalue weighted by molar-refractivity contribution is 6.01. The van der Waals surface area contributed by atoms with E-state index in [-0.39, 0.29) is 12.1 Å². The Bertz CT molecular complexity index is 799. The number of hydrogen-bond donors (Lipinski definition) is 0. The van der Waals surface area contributed by atoms with Crippen molar-refractivity contribution < 1.29 is 0 Å². The Morgan fingerprint density at radius 3 is 1.06 bits per heavy atom. The lowest BCUT2D eigenvalue weighted by molar-refractivity contribution is 0.805. The summed E-state index contributed by atoms with van der Waals surface area (Å²) in [5.41, 5.74) is 6.94. The van der Waals surface area contributed by atoms with Crippen LogP contribution < -0.4 is 0 Å². The minimum atomic E-state index is 0.240. The molecule has 0 amide bonds. The second-order valence-corrected chi connectivity index (χ2v) is 7.03. The average molecular weight is 465 g/mol. The molecular weight excluding hydrogens is 416 g/mol. The highest BCUT2D eigenvalue weighted by atomic mass is 14.8. The number of aliphatic imine (C=N–C) groups is 4. The van der Waals surface area contributed by atoms with Crippen molar-refractivity contribution in [2.24, 2.45) is 20.0 Å². The number of hydrogen-bond acceptors (Lipinski definition) is 4. The van der Waals surface area contributed by atoms with E-state index in [4.69, 9.17) is 0 Å². The van der Waals surface area contributed by atoms with E-state index in [0.29, 0.717) is 0 Å². The summed E-state index contributed by atoms with van der Waals surface area (Å²) in [6, 6.07) is 17.3. The predicted octanol–water partition coefficient (Wildman–Crippen LogP) is 8.61. The summed E-state index contributed by atoms with van der Waals surface area (Å²) < 4.78 is 0. The first kappa shape index (κ1) is 33.3. The molecule has 0 bridgehead atoms. The maximum atomic E-state index is 4.35. The highest BCUT2D eigenvalue weighted by Crippen LogP contribution is 2.21. The van der Waals surface area contributed by atoms with E-state index >= 15 is 0 Å². The zero-order valence-electron chi connectivity index (χ0n) is 23.7. The van der Waals surface area contributed by atoms with Gasteiger partial charge in [-0.15, -0.1) is 0 Å². The lowest BCUT2D eigenvalue weighted by Gasteiger charge is -2.10. The van der Waals surface area contributed by atoms with Gasteiger partial charge in [0.25, 0.3) is 0 Å². The van der Waals surface area contributed by atoms with Crippen LogP contribution in [0.5, 0.6) is 0 Å². The third-order valence-corrected chi connectivity index (χ3v) is 5.04. The van der Waals surface area contributed by atoms with Crippen molar-refractivity contribution >= 4 is 23.9 Å². The molecule has 0 aliphatic carbocycles. The Balaban J connectivity index is 0. The van der Waals surface area contributed by atoms with Crippen molar-refractivity contribution in [2.45, 2.75) is 81.3 Å². The molecule has 0 spiro atoms. The summed E-state index contributed by atoms with van der Waals surface area (Å²) in [5, 5.41) is 0. The quantitative estimate of drug-likeness (QED) is 0.384. The Morgan fingerprint density at radius 1 is 0.588 bits per heavy atom. The SMILES string of the molecule is CC.CC.CC=NC(C)c1ccc(C(C)N=CC)cc1.CN=C(C)c1ccc(C(C)=NC)cc1. The predicted molar refractivity (Wildman–Crippen MR) is 157 cm³/mol. The number of rotatable bonds is 6. The molecule has 2 atom stereocenters. The second-order valence-electron chi connectivity index (χ2n) is 7.03. The average Bonchev–Trinajstić information content (AvgIpc) is 2.91. The molecule has 2 unspecified atom stereocenters. The third kappa shape index (κ3) is 12.4. The van der Waals surface area contributed by atoms with Gasteiger partial charge in [0.1, 0.15) is 0 Å². The molecule has 4 nitrogen and oxygen atoms in total. The highest BCUT2D eigenvalue weighted by Gasteiger charge is 2.05. The molecule has 2 aromatic carbocycles. The van der Waals surface area contributed by atoms with Crippen LogP contribution in [-0.4, -0.2) is 37.9 Å². The topological polar surface area (TPSA) is 49.4 Å². The summed E-state index contributed by atoms with van der Waals surface area (Å²) in [4.78, 5) is 17.0. The van der Waals surface area contributed by atoms with Crippen LogP contribution in [0.25, 0.3) is 0 Å². The molecule has 0 saturated heterocycles. The minimum absolute atomic E-state index is 0.240. The van der Waals surface area contributed by atoms with E-state index in [0.717, 1.165) is 11.4 Å². The first-order chi connectivity index (χ1) is 16.4. The fourth-order valence-electron chi connectivity index (χ4n) is 2.88. The molecule has 34 heavy (non-hydrogen) atoms. The Labute approximate surface area is 210 Å². The molecule has 0 aliphatic heterocycles. The van der Waals surface area contributed by atoms with Gasteiger partial charge in [-0.25, -0.2) is 0 Å². The van der Waals surface area contributed by atoms with Crippen molar-refractivity contribution in [3.8, 4) is 0 Å². The largest absolute Gasteiger partial charge is 0.293 e. The van der Waals surface area contributed by atoms with Gasteiger partial charge in [-0.2, -0.15) is 0 Å². The van der Waals surface area contributed by atoms with Crippen LogP contribution in [0, 0.1) is 0 Å². The fourth-order valence-corrected chi connectivity index (χ4v) is 2.88. The third-order valence-electron chi connectivity index (χ3n) is 5.04. The monoisotopic (exact) mass is 464 g/mol. The molecule has 0 aliphatic rings. The maximum Gasteiger partial charge on any atom is 0.0716 e. The van der Waals surface area contributed by atoms with Crippen LogP contribution in [0.15, 0.2) is 68.5 Å². The van der Waals surface area contributed by atoms with Gasteiger partial charge in [0.15, 0.2) is 0 Å². The van der Waals surface area contributed by atoms with E-state index in [1.165, 1.54) is 22.3 Å². The van der Waals surface area contributed by atoms with Gasteiger partial charge in [0.2, 0.25) is 0 Å². The molecule has 0 heterocycles. The summed E-state index contributed by atoms with van der Waals surface area (Å²) in [6.45, 7) is 20.1. The van der Waals surface area contributed by atoms with Gasteiger partial charge < -0.3 is 0 Å². The first-order valence-corrected chi connectivity index (χ1v) is 12.4. The molecule has 0 N–H and O–H groups in total. The van der Waals surface area contributed by atoms with Gasteiger partial charge in [-0.3, -0.25) is 20.0 Å². The second kappa shape index (κ2) is 20.7. The number of nitrogens with zero attached hydrogens (tertiary/aromatic N) is 4.